The molecule has 0 saturated heterocycles. The first-order chi connectivity index (χ1) is 16.1. The van der Waals surface area contributed by atoms with Gasteiger partial charge in [0.15, 0.2) is 0 Å². The van der Waals surface area contributed by atoms with Gasteiger partial charge in [0.2, 0.25) is 5.91 Å². The Hall–Kier alpha value is -2.22. The second kappa shape index (κ2) is 9.80. The van der Waals surface area contributed by atoms with Crippen LogP contribution in [0.2, 0.25) is 0 Å². The number of nitrogens with one attached hydrogen (secondary N) is 2. The van der Waals surface area contributed by atoms with Gasteiger partial charge in [-0.25, -0.2) is 0 Å². The maximum atomic E-state index is 12.8. The number of aromatic nitrogens is 1. The highest BCUT2D eigenvalue weighted by atomic mass is 16.4. The Labute approximate surface area is 202 Å². The normalized spacial score (nSPS) is 30.1. The molecule has 2 aliphatic carbocycles. The van der Waals surface area contributed by atoms with Crippen LogP contribution in [0.4, 0.5) is 0 Å². The van der Waals surface area contributed by atoms with Crippen LogP contribution >= 0.6 is 0 Å². The molecule has 0 aromatic carbocycles. The van der Waals surface area contributed by atoms with Gasteiger partial charge in [0.25, 0.3) is 0 Å². The highest BCUT2D eigenvalue weighted by Gasteiger charge is 2.61. The van der Waals surface area contributed by atoms with E-state index in [9.17, 15) is 15.0 Å². The predicted molar refractivity (Wildman–Crippen MR) is 129 cm³/mol. The summed E-state index contributed by atoms with van der Waals surface area (Å²) in [6.45, 7) is 7.51. The van der Waals surface area contributed by atoms with Crippen LogP contribution in [-0.4, -0.2) is 32.7 Å². The SMILES string of the molecule is CC1(O)CCC2(CCC(=O)NCc3cccnc3)C(NCc3ccc(CO)o3)CC(C)(C)C2C1. The smallest absolute Gasteiger partial charge is 0.220 e. The van der Waals surface area contributed by atoms with Crippen molar-refractivity contribution in [3.63, 3.8) is 0 Å². The van der Waals surface area contributed by atoms with Gasteiger partial charge in [-0.05, 0) is 79.5 Å². The van der Waals surface area contributed by atoms with Crippen LogP contribution < -0.4 is 10.6 Å². The number of fused-ring (bicyclic) bond motifs is 1. The fourth-order valence-corrected chi connectivity index (χ4v) is 6.48. The van der Waals surface area contributed by atoms with E-state index in [2.05, 4.69) is 29.5 Å². The number of rotatable bonds is 9. The number of amides is 1. The Morgan fingerprint density at radius 2 is 1.94 bits per heavy atom. The van der Waals surface area contributed by atoms with Crippen molar-refractivity contribution in [1.29, 1.82) is 0 Å². The van der Waals surface area contributed by atoms with E-state index in [0.717, 1.165) is 43.4 Å². The molecule has 7 nitrogen and oxygen atoms in total. The number of hydrogen-bond acceptors (Lipinski definition) is 6. The zero-order valence-electron chi connectivity index (χ0n) is 20.6. The van der Waals surface area contributed by atoms with Crippen LogP contribution in [0.15, 0.2) is 41.1 Å². The van der Waals surface area contributed by atoms with E-state index in [4.69, 9.17) is 4.42 Å². The largest absolute Gasteiger partial charge is 0.462 e. The first-order valence-corrected chi connectivity index (χ1v) is 12.4. The molecule has 2 saturated carbocycles. The summed E-state index contributed by atoms with van der Waals surface area (Å²) in [6.07, 6.45) is 8.12. The van der Waals surface area contributed by atoms with Crippen molar-refractivity contribution in [3.05, 3.63) is 53.7 Å². The number of carbonyl (C=O) groups is 1. The van der Waals surface area contributed by atoms with Crippen LogP contribution in [0.1, 0.15) is 76.4 Å². The molecule has 4 rings (SSSR count). The van der Waals surface area contributed by atoms with Gasteiger partial charge in [-0.3, -0.25) is 9.78 Å². The first kappa shape index (κ1) is 24.9. The lowest BCUT2D eigenvalue weighted by Gasteiger charge is -2.51. The minimum absolute atomic E-state index is 0.0493. The van der Waals surface area contributed by atoms with E-state index < -0.39 is 5.60 Å². The van der Waals surface area contributed by atoms with Crippen molar-refractivity contribution in [2.45, 2.75) is 90.6 Å². The third-order valence-corrected chi connectivity index (χ3v) is 8.26. The molecule has 4 atom stereocenters. The Balaban J connectivity index is 1.47. The van der Waals surface area contributed by atoms with E-state index in [1.54, 1.807) is 18.5 Å². The van der Waals surface area contributed by atoms with Gasteiger partial charge in [0.1, 0.15) is 18.1 Å². The number of aliphatic hydroxyl groups is 2. The lowest BCUT2D eigenvalue weighted by Crippen LogP contribution is -2.51. The Morgan fingerprint density at radius 1 is 1.15 bits per heavy atom. The molecule has 0 aliphatic heterocycles. The average Bonchev–Trinajstić information content (AvgIpc) is 3.36. The zero-order valence-corrected chi connectivity index (χ0v) is 20.6. The molecule has 0 bridgehead atoms. The zero-order chi connectivity index (χ0) is 24.4. The summed E-state index contributed by atoms with van der Waals surface area (Å²) in [5.41, 5.74) is 0.306. The summed E-state index contributed by atoms with van der Waals surface area (Å²) in [4.78, 5) is 16.9. The average molecular weight is 470 g/mol. The highest BCUT2D eigenvalue weighted by molar-refractivity contribution is 5.75. The second-order valence-electron chi connectivity index (χ2n) is 11.3. The van der Waals surface area contributed by atoms with Crippen LogP contribution in [0.5, 0.6) is 0 Å². The molecular weight excluding hydrogens is 430 g/mol. The molecule has 2 heterocycles. The van der Waals surface area contributed by atoms with Crippen molar-refractivity contribution < 1.29 is 19.4 Å². The lowest BCUT2D eigenvalue weighted by atomic mass is 9.57. The van der Waals surface area contributed by atoms with E-state index in [1.807, 2.05) is 25.1 Å². The van der Waals surface area contributed by atoms with Crippen molar-refractivity contribution in [1.82, 2.24) is 15.6 Å². The summed E-state index contributed by atoms with van der Waals surface area (Å²) >= 11 is 0. The van der Waals surface area contributed by atoms with Crippen LogP contribution in [0, 0.1) is 16.7 Å². The predicted octanol–water partition coefficient (Wildman–Crippen LogP) is 3.69. The Morgan fingerprint density at radius 3 is 2.65 bits per heavy atom. The first-order valence-electron chi connectivity index (χ1n) is 12.4. The molecule has 186 valence electrons. The Kier molecular flexibility index (Phi) is 7.17. The van der Waals surface area contributed by atoms with Crippen LogP contribution in [0.3, 0.4) is 0 Å². The molecule has 34 heavy (non-hydrogen) atoms. The van der Waals surface area contributed by atoms with Gasteiger partial charge in [-0.15, -0.1) is 0 Å². The molecule has 4 unspecified atom stereocenters. The summed E-state index contributed by atoms with van der Waals surface area (Å²) < 4.78 is 5.70. The molecular formula is C27H39N3O4. The van der Waals surface area contributed by atoms with Crippen molar-refractivity contribution in [2.24, 2.45) is 16.7 Å². The summed E-state index contributed by atoms with van der Waals surface area (Å²) in [6, 6.07) is 7.76. The number of aliphatic hydroxyl groups excluding tert-OH is 1. The quantitative estimate of drug-likeness (QED) is 0.446. The third kappa shape index (κ3) is 5.37. The minimum atomic E-state index is -0.667. The third-order valence-electron chi connectivity index (χ3n) is 8.26. The number of carbonyl (C=O) groups excluding carboxylic acids is 1. The summed E-state index contributed by atoms with van der Waals surface area (Å²) in [5, 5.41) is 27.0. The summed E-state index contributed by atoms with van der Waals surface area (Å²) in [5.74, 6) is 1.74. The summed E-state index contributed by atoms with van der Waals surface area (Å²) in [7, 11) is 0. The molecule has 4 N–H and O–H groups in total. The standard InChI is InChI=1S/C27H39N3O4/c1-25(2)14-23(29-17-20-6-7-21(18-31)34-20)27(11-10-26(3,33)13-22(25)27)9-8-24(32)30-16-19-5-4-12-28-15-19/h4-7,12,15,22-23,29,31,33H,8-11,13-14,16-18H2,1-3H3,(H,30,32). The number of hydrogen-bond donors (Lipinski definition) is 4. The van der Waals surface area contributed by atoms with Gasteiger partial charge < -0.3 is 25.3 Å². The van der Waals surface area contributed by atoms with Gasteiger partial charge >= 0.3 is 0 Å². The maximum absolute atomic E-state index is 12.8. The lowest BCUT2D eigenvalue weighted by molar-refractivity contribution is -0.123. The van der Waals surface area contributed by atoms with Crippen molar-refractivity contribution >= 4 is 5.91 Å². The molecule has 2 aromatic heterocycles. The highest BCUT2D eigenvalue weighted by Crippen LogP contribution is 2.63. The molecule has 0 spiro atoms. The number of pyridine rings is 1. The van der Waals surface area contributed by atoms with E-state index >= 15 is 0 Å². The van der Waals surface area contributed by atoms with Crippen molar-refractivity contribution in [3.8, 4) is 0 Å². The molecule has 2 aliphatic rings. The molecule has 7 heteroatoms. The van der Waals surface area contributed by atoms with Crippen LogP contribution in [-0.2, 0) is 24.5 Å². The van der Waals surface area contributed by atoms with Crippen LogP contribution in [0.25, 0.3) is 0 Å². The van der Waals surface area contributed by atoms with Gasteiger partial charge in [0, 0.05) is 31.4 Å². The van der Waals surface area contributed by atoms with E-state index in [1.165, 1.54) is 0 Å². The Bertz CT molecular complexity index is 971. The molecule has 2 aromatic rings. The fourth-order valence-electron chi connectivity index (χ4n) is 6.48. The number of nitrogens with zero attached hydrogens (tertiary/aromatic N) is 1. The minimum Gasteiger partial charge on any atom is -0.462 e. The molecule has 0 radical (unpaired) electrons. The fraction of sp³-hybridized carbons (Fsp3) is 0.630. The second-order valence-corrected chi connectivity index (χ2v) is 11.3. The molecule has 2 fully saturated rings. The monoisotopic (exact) mass is 469 g/mol. The van der Waals surface area contributed by atoms with Gasteiger partial charge in [-0.1, -0.05) is 19.9 Å². The molecule has 1 amide bonds. The van der Waals surface area contributed by atoms with E-state index in [0.29, 0.717) is 31.2 Å². The van der Waals surface area contributed by atoms with Gasteiger partial charge in [-0.2, -0.15) is 0 Å². The number of furan rings is 1. The van der Waals surface area contributed by atoms with E-state index in [-0.39, 0.29) is 29.4 Å². The maximum Gasteiger partial charge on any atom is 0.220 e. The topological polar surface area (TPSA) is 108 Å². The van der Waals surface area contributed by atoms with Gasteiger partial charge in [0.05, 0.1) is 12.1 Å². The van der Waals surface area contributed by atoms with Crippen molar-refractivity contribution in [2.75, 3.05) is 0 Å².